The number of carbonyl (C=O) groups excluding carboxylic acids is 3. The minimum atomic E-state index is -0.532. The van der Waals surface area contributed by atoms with Crippen molar-refractivity contribution in [2.75, 3.05) is 18.5 Å². The van der Waals surface area contributed by atoms with Crippen LogP contribution >= 0.6 is 23.4 Å². The summed E-state index contributed by atoms with van der Waals surface area (Å²) in [5.74, 6) is -0.435. The summed E-state index contributed by atoms with van der Waals surface area (Å²) >= 11 is 6.86. The van der Waals surface area contributed by atoms with Gasteiger partial charge < -0.3 is 10.1 Å². The third-order valence-corrected chi connectivity index (χ3v) is 5.94. The van der Waals surface area contributed by atoms with Crippen LogP contribution in [-0.2, 0) is 9.59 Å². The van der Waals surface area contributed by atoms with Crippen LogP contribution in [0.3, 0.4) is 0 Å². The summed E-state index contributed by atoms with van der Waals surface area (Å²) in [5.41, 5.74) is 1.21. The number of imide groups is 1. The molecule has 0 saturated carbocycles. The van der Waals surface area contributed by atoms with Gasteiger partial charge in [0.1, 0.15) is 12.3 Å². The molecule has 4 rings (SSSR count). The first-order valence-electron chi connectivity index (χ1n) is 9.91. The predicted molar refractivity (Wildman–Crippen MR) is 128 cm³/mol. The molecule has 0 unspecified atom stereocenters. The van der Waals surface area contributed by atoms with E-state index in [4.69, 9.17) is 16.3 Å². The second kappa shape index (κ2) is 9.46. The highest BCUT2D eigenvalue weighted by Gasteiger charge is 2.36. The van der Waals surface area contributed by atoms with Crippen molar-refractivity contribution in [2.45, 2.75) is 6.92 Å². The number of hydrogen-bond acceptors (Lipinski definition) is 5. The Labute approximate surface area is 194 Å². The molecule has 0 atom stereocenters. The molecule has 162 valence electrons. The smallest absolute Gasteiger partial charge is 0.294 e. The topological polar surface area (TPSA) is 75.7 Å². The highest BCUT2D eigenvalue weighted by molar-refractivity contribution is 8.18. The Morgan fingerprint density at radius 2 is 1.91 bits per heavy atom. The summed E-state index contributed by atoms with van der Waals surface area (Å²) in [6.45, 7) is 1.91. The monoisotopic (exact) mass is 466 g/mol. The van der Waals surface area contributed by atoms with Crippen LogP contribution in [-0.4, -0.2) is 35.1 Å². The van der Waals surface area contributed by atoms with Crippen LogP contribution in [0.25, 0.3) is 16.8 Å². The summed E-state index contributed by atoms with van der Waals surface area (Å²) < 4.78 is 5.57. The molecule has 0 radical (unpaired) electrons. The van der Waals surface area contributed by atoms with Gasteiger partial charge in [-0.1, -0.05) is 48.0 Å². The first-order chi connectivity index (χ1) is 15.5. The van der Waals surface area contributed by atoms with E-state index in [2.05, 4.69) is 5.32 Å². The molecule has 1 heterocycles. The number of benzene rings is 3. The number of thioether (sulfide) groups is 1. The molecular weight excluding hydrogens is 448 g/mol. The lowest BCUT2D eigenvalue weighted by atomic mass is 10.1. The summed E-state index contributed by atoms with van der Waals surface area (Å²) in [4.78, 5) is 39.1. The van der Waals surface area contributed by atoms with Crippen molar-refractivity contribution in [1.29, 1.82) is 0 Å². The number of carbonyl (C=O) groups is 3. The molecule has 3 aromatic rings. The fourth-order valence-corrected chi connectivity index (χ4v) is 4.37. The molecule has 1 aliphatic heterocycles. The fraction of sp³-hybridized carbons (Fsp3) is 0.125. The maximum atomic E-state index is 12.8. The van der Waals surface area contributed by atoms with Crippen LogP contribution in [0.4, 0.5) is 10.5 Å². The minimum absolute atomic E-state index is 0.205. The van der Waals surface area contributed by atoms with Crippen LogP contribution in [0, 0.1) is 0 Å². The zero-order valence-electron chi connectivity index (χ0n) is 17.1. The van der Waals surface area contributed by atoms with Crippen molar-refractivity contribution >= 4 is 63.0 Å². The van der Waals surface area contributed by atoms with Crippen LogP contribution in [0.15, 0.2) is 65.6 Å². The summed E-state index contributed by atoms with van der Waals surface area (Å²) in [7, 11) is 0. The van der Waals surface area contributed by atoms with Crippen LogP contribution < -0.4 is 10.1 Å². The normalized spacial score (nSPS) is 14.9. The van der Waals surface area contributed by atoms with Gasteiger partial charge in [-0.3, -0.25) is 19.3 Å². The van der Waals surface area contributed by atoms with E-state index in [1.54, 1.807) is 30.3 Å². The van der Waals surface area contributed by atoms with Gasteiger partial charge in [-0.25, -0.2) is 0 Å². The van der Waals surface area contributed by atoms with Gasteiger partial charge in [-0.2, -0.15) is 0 Å². The number of halogens is 1. The molecule has 1 aliphatic rings. The third-order valence-electron chi connectivity index (χ3n) is 4.80. The Morgan fingerprint density at radius 1 is 1.12 bits per heavy atom. The predicted octanol–water partition coefficient (Wildman–Crippen LogP) is 5.57. The molecule has 1 fully saturated rings. The van der Waals surface area contributed by atoms with Crippen LogP contribution in [0.1, 0.15) is 12.5 Å². The van der Waals surface area contributed by atoms with Gasteiger partial charge in [0.05, 0.1) is 11.5 Å². The zero-order valence-corrected chi connectivity index (χ0v) is 18.7. The number of hydrogen-bond donors (Lipinski definition) is 1. The Hall–Kier alpha value is -3.29. The van der Waals surface area contributed by atoms with Crippen molar-refractivity contribution in [3.05, 3.63) is 76.2 Å². The molecule has 1 saturated heterocycles. The van der Waals surface area contributed by atoms with Gasteiger partial charge in [-0.05, 0) is 54.4 Å². The Kier molecular flexibility index (Phi) is 6.48. The minimum Gasteiger partial charge on any atom is -0.493 e. The fourth-order valence-electron chi connectivity index (χ4n) is 3.36. The van der Waals surface area contributed by atoms with Gasteiger partial charge >= 0.3 is 0 Å². The maximum Gasteiger partial charge on any atom is 0.294 e. The number of ether oxygens (including phenoxy) is 1. The lowest BCUT2D eigenvalue weighted by Crippen LogP contribution is -2.36. The van der Waals surface area contributed by atoms with Crippen molar-refractivity contribution < 1.29 is 19.1 Å². The highest BCUT2D eigenvalue weighted by atomic mass is 35.5. The molecule has 6 nitrogen and oxygen atoms in total. The number of anilines is 1. The molecule has 32 heavy (non-hydrogen) atoms. The van der Waals surface area contributed by atoms with Crippen LogP contribution in [0.5, 0.6) is 5.75 Å². The molecule has 0 aromatic heterocycles. The van der Waals surface area contributed by atoms with Gasteiger partial charge in [0.15, 0.2) is 0 Å². The standard InChI is InChI=1S/C24H19ClN2O4S/c1-2-31-20-11-10-17(25)12-16(20)13-21-23(29)27(24(30)32-21)14-22(28)26-19-9-5-7-15-6-3-4-8-18(15)19/h3-13H,2,14H2,1H3,(H,26,28)/b21-13+. The second-order valence-electron chi connectivity index (χ2n) is 6.96. The molecule has 3 amide bonds. The Morgan fingerprint density at radius 3 is 2.72 bits per heavy atom. The van der Waals surface area contributed by atoms with Crippen molar-refractivity contribution in [2.24, 2.45) is 0 Å². The largest absolute Gasteiger partial charge is 0.493 e. The van der Waals surface area contributed by atoms with E-state index >= 15 is 0 Å². The Bertz CT molecular complexity index is 1250. The van der Waals surface area contributed by atoms with E-state index in [-0.39, 0.29) is 11.4 Å². The van der Waals surface area contributed by atoms with Gasteiger partial charge in [0.2, 0.25) is 5.91 Å². The summed E-state index contributed by atoms with van der Waals surface area (Å²) in [5, 5.41) is 4.63. The van der Waals surface area contributed by atoms with Gasteiger partial charge in [0.25, 0.3) is 11.1 Å². The number of fused-ring (bicyclic) bond motifs is 1. The zero-order chi connectivity index (χ0) is 22.7. The van der Waals surface area contributed by atoms with E-state index in [1.807, 2.05) is 43.3 Å². The van der Waals surface area contributed by atoms with E-state index < -0.39 is 17.1 Å². The number of rotatable bonds is 6. The van der Waals surface area contributed by atoms with E-state index in [9.17, 15) is 14.4 Å². The summed E-state index contributed by atoms with van der Waals surface area (Å²) in [6, 6.07) is 18.2. The molecule has 0 bridgehead atoms. The van der Waals surface area contributed by atoms with Gasteiger partial charge in [0, 0.05) is 21.7 Å². The number of nitrogens with one attached hydrogen (secondary N) is 1. The van der Waals surface area contributed by atoms with Crippen molar-refractivity contribution in [1.82, 2.24) is 4.90 Å². The number of nitrogens with zero attached hydrogens (tertiary/aromatic N) is 1. The van der Waals surface area contributed by atoms with Crippen LogP contribution in [0.2, 0.25) is 5.02 Å². The number of amides is 3. The lowest BCUT2D eigenvalue weighted by molar-refractivity contribution is -0.127. The maximum absolute atomic E-state index is 12.8. The first kappa shape index (κ1) is 21.9. The van der Waals surface area contributed by atoms with E-state index in [0.717, 1.165) is 27.4 Å². The molecule has 3 aromatic carbocycles. The third kappa shape index (κ3) is 4.64. The molecular formula is C24H19ClN2O4S. The summed E-state index contributed by atoms with van der Waals surface area (Å²) in [6.07, 6.45) is 1.56. The highest BCUT2D eigenvalue weighted by Crippen LogP contribution is 2.35. The second-order valence-corrected chi connectivity index (χ2v) is 8.39. The molecule has 0 aliphatic carbocycles. The van der Waals surface area contributed by atoms with Crippen molar-refractivity contribution in [3.8, 4) is 5.75 Å². The van der Waals surface area contributed by atoms with Gasteiger partial charge in [-0.15, -0.1) is 0 Å². The quantitative estimate of drug-likeness (QED) is 0.481. The average Bonchev–Trinajstić information content (AvgIpc) is 3.03. The molecule has 8 heteroatoms. The van der Waals surface area contributed by atoms with Crippen molar-refractivity contribution in [3.63, 3.8) is 0 Å². The first-order valence-corrected chi connectivity index (χ1v) is 11.1. The lowest BCUT2D eigenvalue weighted by Gasteiger charge is -2.13. The SMILES string of the molecule is CCOc1ccc(Cl)cc1/C=C1/SC(=O)N(CC(=O)Nc2cccc3ccccc23)C1=O. The molecule has 0 spiro atoms. The van der Waals surface area contributed by atoms with E-state index in [0.29, 0.717) is 28.6 Å². The average molecular weight is 467 g/mol. The Balaban J connectivity index is 1.52. The van der Waals surface area contributed by atoms with E-state index in [1.165, 1.54) is 0 Å². The molecule has 1 N–H and O–H groups in total.